The van der Waals surface area contributed by atoms with Gasteiger partial charge in [0.15, 0.2) is 0 Å². The first-order valence-electron chi connectivity index (χ1n) is 10.9. The van der Waals surface area contributed by atoms with Crippen LogP contribution in [0.3, 0.4) is 0 Å². The highest BCUT2D eigenvalue weighted by Gasteiger charge is 2.31. The Morgan fingerprint density at radius 1 is 1.21 bits per heavy atom. The van der Waals surface area contributed by atoms with Crippen LogP contribution in [-0.2, 0) is 4.79 Å². The smallest absolute Gasteiger partial charge is 0.256 e. The fourth-order valence-corrected chi connectivity index (χ4v) is 4.94. The highest BCUT2D eigenvalue weighted by atomic mass is 35.5. The normalized spacial score (nSPS) is 18.7. The maximum Gasteiger partial charge on any atom is 0.256 e. The molecule has 2 aliphatic heterocycles. The number of amides is 2. The zero-order chi connectivity index (χ0) is 23.3. The number of aliphatic hydroxyl groups excluding tert-OH is 1. The van der Waals surface area contributed by atoms with Gasteiger partial charge >= 0.3 is 0 Å². The molecule has 3 aromatic rings. The van der Waals surface area contributed by atoms with Gasteiger partial charge < -0.3 is 20.3 Å². The van der Waals surface area contributed by atoms with Gasteiger partial charge in [-0.2, -0.15) is 0 Å². The molecule has 0 spiro atoms. The number of β-amino-alcohol motifs (C(OH)–C–C–N with tert-alkyl or cyclic N) is 1. The van der Waals surface area contributed by atoms with E-state index < -0.39 is 6.10 Å². The second-order valence-electron chi connectivity index (χ2n) is 8.61. The van der Waals surface area contributed by atoms with Crippen LogP contribution in [-0.4, -0.2) is 46.0 Å². The van der Waals surface area contributed by atoms with E-state index in [4.69, 9.17) is 11.6 Å². The third kappa shape index (κ3) is 3.75. The molecular formula is C26H24ClN3O3. The van der Waals surface area contributed by atoms with Gasteiger partial charge in [-0.05, 0) is 61.2 Å². The number of aromatic amines is 1. The van der Waals surface area contributed by atoms with Crippen LogP contribution in [0.25, 0.3) is 22.8 Å². The van der Waals surface area contributed by atoms with E-state index in [1.165, 1.54) is 0 Å². The number of nitrogens with one attached hydrogen (secondary N) is 2. The van der Waals surface area contributed by atoms with Gasteiger partial charge in [0.05, 0.1) is 17.2 Å². The monoisotopic (exact) mass is 461 g/mol. The maximum absolute atomic E-state index is 13.1. The first-order chi connectivity index (χ1) is 15.8. The first-order valence-corrected chi connectivity index (χ1v) is 11.3. The van der Waals surface area contributed by atoms with Gasteiger partial charge in [-0.1, -0.05) is 35.9 Å². The van der Waals surface area contributed by atoms with Gasteiger partial charge in [0.25, 0.3) is 11.8 Å². The quantitative estimate of drug-likeness (QED) is 0.496. The number of aryl methyl sites for hydroxylation is 1. The molecule has 1 atom stereocenters. The van der Waals surface area contributed by atoms with Crippen LogP contribution in [0.5, 0.6) is 0 Å². The minimum absolute atomic E-state index is 0.0988. The van der Waals surface area contributed by atoms with E-state index in [1.807, 2.05) is 62.4 Å². The molecule has 2 aliphatic rings. The molecule has 6 nitrogen and oxygen atoms in total. The van der Waals surface area contributed by atoms with Crippen molar-refractivity contribution in [3.63, 3.8) is 0 Å². The highest BCUT2D eigenvalue weighted by molar-refractivity contribution is 6.36. The van der Waals surface area contributed by atoms with E-state index in [0.29, 0.717) is 35.7 Å². The van der Waals surface area contributed by atoms with E-state index in [1.54, 1.807) is 4.90 Å². The van der Waals surface area contributed by atoms with Crippen LogP contribution >= 0.6 is 11.6 Å². The van der Waals surface area contributed by atoms with Crippen LogP contribution in [0.4, 0.5) is 5.69 Å². The average Bonchev–Trinajstić information content (AvgIpc) is 3.43. The summed E-state index contributed by atoms with van der Waals surface area (Å²) in [4.78, 5) is 31.0. The Labute approximate surface area is 196 Å². The predicted octanol–water partition coefficient (Wildman–Crippen LogP) is 4.65. The number of H-pyrrole nitrogens is 1. The third-order valence-electron chi connectivity index (χ3n) is 6.39. The van der Waals surface area contributed by atoms with Crippen molar-refractivity contribution in [2.24, 2.45) is 0 Å². The fourth-order valence-electron chi connectivity index (χ4n) is 4.75. The third-order valence-corrected chi connectivity index (χ3v) is 6.63. The molecule has 0 bridgehead atoms. The lowest BCUT2D eigenvalue weighted by molar-refractivity contribution is -0.110. The molecule has 33 heavy (non-hydrogen) atoms. The molecule has 3 N–H and O–H groups in total. The predicted molar refractivity (Wildman–Crippen MR) is 130 cm³/mol. The zero-order valence-electron chi connectivity index (χ0n) is 18.4. The number of rotatable bonds is 3. The lowest BCUT2D eigenvalue weighted by atomic mass is 9.94. The van der Waals surface area contributed by atoms with E-state index in [0.717, 1.165) is 39.3 Å². The molecule has 1 saturated heterocycles. The number of anilines is 1. The molecule has 168 valence electrons. The first kappa shape index (κ1) is 21.5. The van der Waals surface area contributed by atoms with Gasteiger partial charge in [-0.3, -0.25) is 9.59 Å². The summed E-state index contributed by atoms with van der Waals surface area (Å²) >= 11 is 6.22. The van der Waals surface area contributed by atoms with E-state index in [-0.39, 0.29) is 11.8 Å². The second kappa shape index (κ2) is 8.21. The van der Waals surface area contributed by atoms with Crippen LogP contribution in [0, 0.1) is 13.8 Å². The number of aliphatic hydroxyl groups is 1. The van der Waals surface area contributed by atoms with Crippen molar-refractivity contribution < 1.29 is 14.7 Å². The van der Waals surface area contributed by atoms with Gasteiger partial charge in [-0.15, -0.1) is 0 Å². The van der Waals surface area contributed by atoms with Gasteiger partial charge in [0.2, 0.25) is 0 Å². The van der Waals surface area contributed by atoms with E-state index in [2.05, 4.69) is 10.3 Å². The van der Waals surface area contributed by atoms with Crippen molar-refractivity contribution >= 4 is 40.8 Å². The molecular weight excluding hydrogens is 438 g/mol. The summed E-state index contributed by atoms with van der Waals surface area (Å²) in [7, 11) is 0. The lowest BCUT2D eigenvalue weighted by Crippen LogP contribution is -2.30. The van der Waals surface area contributed by atoms with Crippen molar-refractivity contribution in [1.82, 2.24) is 9.88 Å². The molecule has 0 radical (unpaired) electrons. The number of likely N-dealkylation sites (tertiary alicyclic amines) is 1. The number of nitrogens with zero attached hydrogens (tertiary/aromatic N) is 1. The largest absolute Gasteiger partial charge is 0.391 e. The molecule has 0 saturated carbocycles. The van der Waals surface area contributed by atoms with Crippen LogP contribution in [0.2, 0.25) is 5.02 Å². The Morgan fingerprint density at radius 3 is 2.73 bits per heavy atom. The number of halogens is 1. The number of benzene rings is 2. The summed E-state index contributed by atoms with van der Waals surface area (Å²) in [5.74, 6) is -0.292. The Kier molecular flexibility index (Phi) is 5.35. The van der Waals surface area contributed by atoms with Crippen molar-refractivity contribution in [3.05, 3.63) is 75.6 Å². The number of hydrogen-bond acceptors (Lipinski definition) is 3. The lowest BCUT2D eigenvalue weighted by Gasteiger charge is -2.16. The Hall–Kier alpha value is -3.35. The number of fused-ring (bicyclic) bond motifs is 1. The van der Waals surface area contributed by atoms with Gasteiger partial charge in [0.1, 0.15) is 0 Å². The van der Waals surface area contributed by atoms with Crippen molar-refractivity contribution in [3.8, 4) is 11.1 Å². The summed E-state index contributed by atoms with van der Waals surface area (Å²) in [5.41, 5.74) is 6.75. The van der Waals surface area contributed by atoms with E-state index in [9.17, 15) is 14.7 Å². The van der Waals surface area contributed by atoms with Crippen molar-refractivity contribution in [2.45, 2.75) is 26.4 Å². The summed E-state index contributed by atoms with van der Waals surface area (Å²) in [5, 5.41) is 13.4. The fraction of sp³-hybridized carbons (Fsp3) is 0.231. The highest BCUT2D eigenvalue weighted by Crippen LogP contribution is 2.41. The molecule has 1 aromatic heterocycles. The zero-order valence-corrected chi connectivity index (χ0v) is 19.2. The number of aromatic nitrogens is 1. The summed E-state index contributed by atoms with van der Waals surface area (Å²) in [6.07, 6.45) is 1.93. The molecule has 1 fully saturated rings. The Bertz CT molecular complexity index is 1320. The standard InChI is InChI=1S/C26H24ClN3O3/c1-14-22(28-15(2)23(14)26(33)30-10-9-18(31)13-30)12-20-24-19(16-5-3-6-17(27)11-16)7-4-8-21(24)29-25(20)32/h3-8,11-12,18,28,31H,9-10,13H2,1-2H3,(H,29,32)/b20-12-/t18-/m0/s1. The SMILES string of the molecule is Cc1[nH]c(/C=C2\C(=O)Nc3cccc(-c4cccc(Cl)c4)c32)c(C)c1C(=O)N1CC[C@H](O)C1. The number of hydrogen-bond donors (Lipinski definition) is 3. The Balaban J connectivity index is 1.59. The number of carbonyl (C=O) groups excluding carboxylic acids is 2. The van der Waals surface area contributed by atoms with Crippen LogP contribution in [0.15, 0.2) is 42.5 Å². The topological polar surface area (TPSA) is 85.4 Å². The molecule has 2 amide bonds. The summed E-state index contributed by atoms with van der Waals surface area (Å²) < 4.78 is 0. The molecule has 0 aliphatic carbocycles. The van der Waals surface area contributed by atoms with Crippen molar-refractivity contribution in [2.75, 3.05) is 18.4 Å². The molecule has 7 heteroatoms. The van der Waals surface area contributed by atoms with Gasteiger partial charge in [-0.25, -0.2) is 0 Å². The van der Waals surface area contributed by atoms with E-state index >= 15 is 0 Å². The summed E-state index contributed by atoms with van der Waals surface area (Å²) in [6, 6.07) is 13.3. The van der Waals surface area contributed by atoms with Gasteiger partial charge in [0, 0.05) is 40.8 Å². The minimum Gasteiger partial charge on any atom is -0.391 e. The number of carbonyl (C=O) groups is 2. The maximum atomic E-state index is 13.1. The molecule has 0 unspecified atom stereocenters. The van der Waals surface area contributed by atoms with Crippen LogP contribution in [0.1, 0.15) is 39.3 Å². The minimum atomic E-state index is -0.473. The Morgan fingerprint density at radius 2 is 2.00 bits per heavy atom. The molecule has 5 rings (SSSR count). The summed E-state index contributed by atoms with van der Waals surface area (Å²) in [6.45, 7) is 4.62. The van der Waals surface area contributed by atoms with Crippen LogP contribution < -0.4 is 5.32 Å². The van der Waals surface area contributed by atoms with Crippen molar-refractivity contribution in [1.29, 1.82) is 0 Å². The second-order valence-corrected chi connectivity index (χ2v) is 9.04. The molecule has 3 heterocycles. The molecule has 2 aromatic carbocycles. The average molecular weight is 462 g/mol.